The summed E-state index contributed by atoms with van der Waals surface area (Å²) < 4.78 is 31.3. The van der Waals surface area contributed by atoms with Crippen LogP contribution < -0.4 is 20.9 Å². The summed E-state index contributed by atoms with van der Waals surface area (Å²) in [6.07, 6.45) is 3.44. The van der Waals surface area contributed by atoms with Gasteiger partial charge < -0.3 is 19.9 Å². The van der Waals surface area contributed by atoms with Crippen LogP contribution >= 0.6 is 35.6 Å². The van der Waals surface area contributed by atoms with Crippen molar-refractivity contribution in [3.8, 4) is 5.75 Å². The van der Waals surface area contributed by atoms with Gasteiger partial charge in [0.05, 0.1) is 6.54 Å². The second-order valence-corrected chi connectivity index (χ2v) is 6.63. The van der Waals surface area contributed by atoms with Crippen molar-refractivity contribution in [2.45, 2.75) is 39.5 Å². The van der Waals surface area contributed by atoms with Crippen molar-refractivity contribution in [1.29, 1.82) is 0 Å². The minimum absolute atomic E-state index is 0. The number of benzene rings is 1. The zero-order valence-electron chi connectivity index (χ0n) is 16.6. The predicted octanol–water partition coefficient (Wildman–Crippen LogP) is 4.26. The number of aromatic nitrogens is 1. The molecule has 0 amide bonds. The first kappa shape index (κ1) is 26.2. The molecule has 0 aliphatic heterocycles. The Balaban J connectivity index is 0.00000450. The lowest BCUT2D eigenvalue weighted by molar-refractivity contribution is -0.0504. The maximum absolute atomic E-state index is 12.6. The van der Waals surface area contributed by atoms with E-state index < -0.39 is 6.61 Å². The molecule has 1 heterocycles. The Kier molecular flexibility index (Phi) is 12.4. The van der Waals surface area contributed by atoms with E-state index in [0.29, 0.717) is 36.2 Å². The molecule has 0 saturated heterocycles. The summed E-state index contributed by atoms with van der Waals surface area (Å²) in [5, 5.41) is 6.73. The van der Waals surface area contributed by atoms with E-state index in [9.17, 15) is 13.6 Å². The number of guanidine groups is 1. The third-order valence-corrected chi connectivity index (χ3v) is 4.24. The van der Waals surface area contributed by atoms with Crippen LogP contribution in [-0.4, -0.2) is 30.2 Å². The summed E-state index contributed by atoms with van der Waals surface area (Å²) in [6, 6.07) is 9.55. The van der Waals surface area contributed by atoms with Gasteiger partial charge in [0.15, 0.2) is 5.96 Å². The lowest BCUT2D eigenvalue weighted by Gasteiger charge is -2.13. The van der Waals surface area contributed by atoms with Gasteiger partial charge in [-0.3, -0.25) is 4.79 Å². The molecule has 0 bridgehead atoms. The smallest absolute Gasteiger partial charge is 0.387 e. The third-order valence-electron chi connectivity index (χ3n) is 4.01. The quantitative estimate of drug-likeness (QED) is 0.199. The molecule has 0 atom stereocenters. The second-order valence-electron chi connectivity index (χ2n) is 6.19. The summed E-state index contributed by atoms with van der Waals surface area (Å²) >= 11 is 5.96. The number of nitrogens with one attached hydrogen (secondary N) is 2. The molecule has 0 radical (unpaired) electrons. The van der Waals surface area contributed by atoms with E-state index in [-0.39, 0.29) is 41.8 Å². The van der Waals surface area contributed by atoms with Crippen molar-refractivity contribution in [3.05, 3.63) is 63.5 Å². The van der Waals surface area contributed by atoms with Crippen molar-refractivity contribution in [2.24, 2.45) is 4.99 Å². The molecule has 2 aromatic rings. The number of aliphatic imine (C=N–C) groups is 1. The van der Waals surface area contributed by atoms with Crippen LogP contribution in [0.5, 0.6) is 5.75 Å². The molecule has 1 aromatic heterocycles. The van der Waals surface area contributed by atoms with Crippen LogP contribution in [0.1, 0.15) is 25.3 Å². The summed E-state index contributed by atoms with van der Waals surface area (Å²) in [5.74, 6) is 0.615. The highest BCUT2D eigenvalue weighted by Gasteiger charge is 2.10. The molecule has 166 valence electrons. The Morgan fingerprint density at radius 3 is 2.73 bits per heavy atom. The Bertz CT molecular complexity index is 865. The van der Waals surface area contributed by atoms with Crippen molar-refractivity contribution in [1.82, 2.24) is 15.2 Å². The molecule has 0 unspecified atom stereocenters. The molecule has 0 fully saturated rings. The van der Waals surface area contributed by atoms with Crippen LogP contribution in [0.15, 0.2) is 52.4 Å². The maximum atomic E-state index is 12.6. The van der Waals surface area contributed by atoms with Gasteiger partial charge in [0, 0.05) is 42.5 Å². The van der Waals surface area contributed by atoms with Crippen molar-refractivity contribution in [3.63, 3.8) is 0 Å². The number of nitrogens with zero attached hydrogens (tertiary/aromatic N) is 2. The monoisotopic (exact) mass is 554 g/mol. The normalized spacial score (nSPS) is 11.2. The van der Waals surface area contributed by atoms with Gasteiger partial charge in [-0.1, -0.05) is 17.7 Å². The predicted molar refractivity (Wildman–Crippen MR) is 126 cm³/mol. The molecular weight excluding hydrogens is 529 g/mol. The molecule has 0 aliphatic rings. The first-order chi connectivity index (χ1) is 14.0. The van der Waals surface area contributed by atoms with Crippen LogP contribution in [0, 0.1) is 0 Å². The number of pyridine rings is 1. The van der Waals surface area contributed by atoms with Gasteiger partial charge in [0.25, 0.3) is 0 Å². The van der Waals surface area contributed by atoms with Gasteiger partial charge in [0.1, 0.15) is 5.75 Å². The van der Waals surface area contributed by atoms with E-state index in [4.69, 9.17) is 11.6 Å². The highest BCUT2D eigenvalue weighted by Crippen LogP contribution is 2.25. The second kappa shape index (κ2) is 14.2. The molecule has 0 aliphatic carbocycles. The van der Waals surface area contributed by atoms with Crippen LogP contribution in [0.25, 0.3) is 0 Å². The van der Waals surface area contributed by atoms with Gasteiger partial charge >= 0.3 is 6.61 Å². The topological polar surface area (TPSA) is 67.7 Å². The summed E-state index contributed by atoms with van der Waals surface area (Å²) in [4.78, 5) is 16.1. The van der Waals surface area contributed by atoms with E-state index in [1.54, 1.807) is 22.9 Å². The van der Waals surface area contributed by atoms with E-state index in [2.05, 4.69) is 20.4 Å². The number of alkyl halides is 2. The molecule has 30 heavy (non-hydrogen) atoms. The number of halogens is 4. The van der Waals surface area contributed by atoms with Gasteiger partial charge in [-0.15, -0.1) is 24.0 Å². The van der Waals surface area contributed by atoms with Crippen LogP contribution in [0.4, 0.5) is 8.78 Å². The zero-order valence-corrected chi connectivity index (χ0v) is 19.7. The summed E-state index contributed by atoms with van der Waals surface area (Å²) in [6.45, 7) is 1.11. The number of ether oxygens (including phenoxy) is 1. The molecule has 10 heteroatoms. The minimum atomic E-state index is -2.91. The Morgan fingerprint density at radius 2 is 2.03 bits per heavy atom. The molecule has 0 saturated carbocycles. The highest BCUT2D eigenvalue weighted by molar-refractivity contribution is 14.0. The number of hydrogen-bond donors (Lipinski definition) is 2. The maximum Gasteiger partial charge on any atom is 0.387 e. The Hall–Kier alpha value is -1.88. The number of aryl methyl sites for hydroxylation is 1. The van der Waals surface area contributed by atoms with Crippen molar-refractivity contribution in [2.75, 3.05) is 13.1 Å². The van der Waals surface area contributed by atoms with E-state index >= 15 is 0 Å². The first-order valence-corrected chi connectivity index (χ1v) is 9.78. The summed E-state index contributed by atoms with van der Waals surface area (Å²) in [5.41, 5.74) is 0.456. The molecule has 2 rings (SSSR count). The first-order valence-electron chi connectivity index (χ1n) is 9.40. The van der Waals surface area contributed by atoms with Gasteiger partial charge in [-0.2, -0.15) is 8.78 Å². The molecule has 1 aromatic carbocycles. The van der Waals surface area contributed by atoms with Gasteiger partial charge in [-0.05, 0) is 44.0 Å². The Morgan fingerprint density at radius 1 is 1.23 bits per heavy atom. The van der Waals surface area contributed by atoms with Crippen LogP contribution in [0.2, 0.25) is 5.02 Å². The highest BCUT2D eigenvalue weighted by atomic mass is 127. The standard InChI is InChI=1S/C20H25ClF2N4O2.HI/c1-2-24-20(25-10-4-6-12-27-11-5-3-7-18(27)28)26-14-15-13-16(21)8-9-17(15)29-19(22)23;/h3,5,7-9,11,13,19H,2,4,6,10,12,14H2,1H3,(H2,24,25,26);1H. The zero-order chi connectivity index (χ0) is 21.1. The average Bonchev–Trinajstić information content (AvgIpc) is 2.68. The Labute approximate surface area is 196 Å². The van der Waals surface area contributed by atoms with Crippen molar-refractivity contribution < 1.29 is 13.5 Å². The molecule has 6 nitrogen and oxygen atoms in total. The summed E-state index contributed by atoms with van der Waals surface area (Å²) in [7, 11) is 0. The third kappa shape index (κ3) is 9.29. The van der Waals surface area contributed by atoms with Crippen LogP contribution in [-0.2, 0) is 13.1 Å². The van der Waals surface area contributed by atoms with E-state index in [1.165, 1.54) is 18.2 Å². The van der Waals surface area contributed by atoms with Crippen LogP contribution in [0.3, 0.4) is 0 Å². The van der Waals surface area contributed by atoms with E-state index in [1.807, 2.05) is 13.0 Å². The molecule has 0 spiro atoms. The minimum Gasteiger partial charge on any atom is -0.434 e. The largest absolute Gasteiger partial charge is 0.434 e. The SMILES string of the molecule is CCNC(=NCc1cc(Cl)ccc1OC(F)F)NCCCCn1ccccc1=O.I. The fraction of sp³-hybridized carbons (Fsp3) is 0.400. The van der Waals surface area contributed by atoms with Gasteiger partial charge in [0.2, 0.25) is 5.56 Å². The lowest BCUT2D eigenvalue weighted by atomic mass is 10.2. The fourth-order valence-electron chi connectivity index (χ4n) is 2.65. The molecule has 2 N–H and O–H groups in total. The number of rotatable bonds is 10. The lowest BCUT2D eigenvalue weighted by Crippen LogP contribution is -2.37. The number of unbranched alkanes of at least 4 members (excludes halogenated alkanes) is 1. The fourth-order valence-corrected chi connectivity index (χ4v) is 2.84. The van der Waals surface area contributed by atoms with Crippen molar-refractivity contribution >= 4 is 41.5 Å². The van der Waals surface area contributed by atoms with Gasteiger partial charge in [-0.25, -0.2) is 4.99 Å². The average molecular weight is 555 g/mol. The van der Waals surface area contributed by atoms with E-state index in [0.717, 1.165) is 12.8 Å². The molecular formula is C20H26ClF2IN4O2. The number of hydrogen-bond acceptors (Lipinski definition) is 3.